The molecule has 1 saturated heterocycles. The first-order valence-corrected chi connectivity index (χ1v) is 10.6. The Bertz CT molecular complexity index is 900. The van der Waals surface area contributed by atoms with E-state index in [1.165, 1.54) is 0 Å². The maximum atomic E-state index is 13.0. The molecule has 2 aromatic rings. The van der Waals surface area contributed by atoms with Crippen molar-refractivity contribution in [2.24, 2.45) is 0 Å². The molecule has 1 aromatic heterocycles. The number of anilines is 1. The van der Waals surface area contributed by atoms with Crippen LogP contribution in [0.1, 0.15) is 31.1 Å². The number of sulfonamides is 1. The summed E-state index contributed by atoms with van der Waals surface area (Å²) in [7, 11) is -3.53. The quantitative estimate of drug-likeness (QED) is 0.796. The van der Waals surface area contributed by atoms with Crippen LogP contribution in [0.25, 0.3) is 0 Å². The highest BCUT2D eigenvalue weighted by Crippen LogP contribution is 2.27. The van der Waals surface area contributed by atoms with Gasteiger partial charge in [-0.3, -0.25) is 4.68 Å². The second kappa shape index (κ2) is 7.21. The number of benzene rings is 1. The summed E-state index contributed by atoms with van der Waals surface area (Å²) < 4.78 is 29.3. The van der Waals surface area contributed by atoms with E-state index in [2.05, 4.69) is 10.00 Å². The van der Waals surface area contributed by atoms with Gasteiger partial charge in [-0.25, -0.2) is 8.42 Å². The Hall–Kier alpha value is -1.57. The van der Waals surface area contributed by atoms with Crippen molar-refractivity contribution in [1.29, 1.82) is 0 Å². The Morgan fingerprint density at radius 3 is 2.35 bits per heavy atom. The van der Waals surface area contributed by atoms with E-state index in [9.17, 15) is 8.42 Å². The van der Waals surface area contributed by atoms with E-state index in [1.54, 1.807) is 22.1 Å². The minimum Gasteiger partial charge on any atom is -0.369 e. The number of piperazine rings is 1. The van der Waals surface area contributed by atoms with E-state index in [0.717, 1.165) is 11.3 Å². The highest BCUT2D eigenvalue weighted by Gasteiger charge is 2.31. The van der Waals surface area contributed by atoms with Gasteiger partial charge >= 0.3 is 0 Å². The highest BCUT2D eigenvalue weighted by molar-refractivity contribution is 7.89. The Labute approximate surface area is 160 Å². The molecule has 1 aliphatic heterocycles. The molecule has 26 heavy (non-hydrogen) atoms. The zero-order valence-electron chi connectivity index (χ0n) is 15.6. The Balaban J connectivity index is 1.78. The lowest BCUT2D eigenvalue weighted by Gasteiger charge is -2.36. The van der Waals surface area contributed by atoms with Crippen LogP contribution >= 0.6 is 11.6 Å². The van der Waals surface area contributed by atoms with Crippen LogP contribution in [-0.2, 0) is 10.0 Å². The van der Waals surface area contributed by atoms with Gasteiger partial charge in [0.25, 0.3) is 0 Å². The van der Waals surface area contributed by atoms with Gasteiger partial charge < -0.3 is 4.90 Å². The number of aromatic nitrogens is 2. The first kappa shape index (κ1) is 19.2. The zero-order chi connectivity index (χ0) is 19.1. The Kier molecular flexibility index (Phi) is 5.33. The lowest BCUT2D eigenvalue weighted by atomic mass is 10.1. The van der Waals surface area contributed by atoms with Crippen molar-refractivity contribution in [2.45, 2.75) is 38.6 Å². The average Bonchev–Trinajstić information content (AvgIpc) is 3.00. The third-order valence-corrected chi connectivity index (χ3v) is 7.01. The number of hydrogen-bond donors (Lipinski definition) is 0. The molecule has 0 radical (unpaired) electrons. The fourth-order valence-corrected chi connectivity index (χ4v) is 4.96. The SMILES string of the molecule is Cc1ccc(Cl)cc1N1CCN(S(=O)(=O)c2cn(C(C)C)nc2C)CC1. The van der Waals surface area contributed by atoms with Crippen LogP contribution in [0, 0.1) is 13.8 Å². The van der Waals surface area contributed by atoms with E-state index >= 15 is 0 Å². The maximum Gasteiger partial charge on any atom is 0.246 e. The van der Waals surface area contributed by atoms with Gasteiger partial charge in [-0.1, -0.05) is 17.7 Å². The van der Waals surface area contributed by atoms with Crippen molar-refractivity contribution >= 4 is 27.3 Å². The van der Waals surface area contributed by atoms with Crippen molar-refractivity contribution in [2.75, 3.05) is 31.1 Å². The molecular formula is C18H25ClN4O2S. The third kappa shape index (κ3) is 3.61. The predicted octanol–water partition coefficient (Wildman–Crippen LogP) is 3.25. The van der Waals surface area contributed by atoms with Gasteiger partial charge in [0.1, 0.15) is 4.90 Å². The molecule has 0 atom stereocenters. The second-order valence-corrected chi connectivity index (χ2v) is 9.32. The first-order chi connectivity index (χ1) is 12.2. The molecule has 1 fully saturated rings. The maximum absolute atomic E-state index is 13.0. The number of halogens is 1. The van der Waals surface area contributed by atoms with Gasteiger partial charge in [0.15, 0.2) is 0 Å². The molecule has 0 bridgehead atoms. The van der Waals surface area contributed by atoms with E-state index in [4.69, 9.17) is 11.6 Å². The lowest BCUT2D eigenvalue weighted by Crippen LogP contribution is -2.48. The minimum absolute atomic E-state index is 0.125. The Morgan fingerprint density at radius 1 is 1.12 bits per heavy atom. The van der Waals surface area contributed by atoms with Gasteiger partial charge in [-0.2, -0.15) is 9.40 Å². The Morgan fingerprint density at radius 2 is 1.77 bits per heavy atom. The smallest absolute Gasteiger partial charge is 0.246 e. The van der Waals surface area contributed by atoms with Crippen molar-refractivity contribution in [3.05, 3.63) is 40.7 Å². The average molecular weight is 397 g/mol. The topological polar surface area (TPSA) is 58.4 Å². The van der Waals surface area contributed by atoms with Gasteiger partial charge in [0.05, 0.1) is 5.69 Å². The van der Waals surface area contributed by atoms with E-state index < -0.39 is 10.0 Å². The molecule has 0 unspecified atom stereocenters. The summed E-state index contributed by atoms with van der Waals surface area (Å²) >= 11 is 6.12. The number of aryl methyl sites for hydroxylation is 2. The molecule has 1 aromatic carbocycles. The van der Waals surface area contributed by atoms with Gasteiger partial charge in [-0.05, 0) is 45.4 Å². The van der Waals surface area contributed by atoms with Crippen molar-refractivity contribution in [1.82, 2.24) is 14.1 Å². The summed E-state index contributed by atoms with van der Waals surface area (Å²) in [6.45, 7) is 9.91. The van der Waals surface area contributed by atoms with Crippen LogP contribution in [0.4, 0.5) is 5.69 Å². The first-order valence-electron chi connectivity index (χ1n) is 8.77. The summed E-state index contributed by atoms with van der Waals surface area (Å²) in [5, 5.41) is 5.03. The summed E-state index contributed by atoms with van der Waals surface area (Å²) in [4.78, 5) is 2.50. The molecular weight excluding hydrogens is 372 g/mol. The molecule has 1 aliphatic rings. The van der Waals surface area contributed by atoms with E-state index in [0.29, 0.717) is 41.8 Å². The van der Waals surface area contributed by atoms with Crippen LogP contribution in [0.5, 0.6) is 0 Å². The molecule has 0 saturated carbocycles. The number of nitrogens with zero attached hydrogens (tertiary/aromatic N) is 4. The van der Waals surface area contributed by atoms with Gasteiger partial charge in [-0.15, -0.1) is 0 Å². The minimum atomic E-state index is -3.53. The van der Waals surface area contributed by atoms with Gasteiger partial charge in [0.2, 0.25) is 10.0 Å². The summed E-state index contributed by atoms with van der Waals surface area (Å²) in [6, 6.07) is 5.93. The fraction of sp³-hybridized carbons (Fsp3) is 0.500. The number of rotatable bonds is 4. The van der Waals surface area contributed by atoms with Crippen LogP contribution in [0.2, 0.25) is 5.02 Å². The molecule has 0 N–H and O–H groups in total. The number of hydrogen-bond acceptors (Lipinski definition) is 4. The van der Waals surface area contributed by atoms with Crippen molar-refractivity contribution in [3.8, 4) is 0 Å². The van der Waals surface area contributed by atoms with Crippen LogP contribution < -0.4 is 4.90 Å². The molecule has 0 aliphatic carbocycles. The van der Waals surface area contributed by atoms with E-state index in [1.807, 2.05) is 39.0 Å². The van der Waals surface area contributed by atoms with Crippen LogP contribution in [0.15, 0.2) is 29.3 Å². The summed E-state index contributed by atoms with van der Waals surface area (Å²) in [6.07, 6.45) is 1.64. The van der Waals surface area contributed by atoms with Crippen molar-refractivity contribution < 1.29 is 8.42 Å². The molecule has 6 nitrogen and oxygen atoms in total. The molecule has 8 heteroatoms. The molecule has 0 spiro atoms. The lowest BCUT2D eigenvalue weighted by molar-refractivity contribution is 0.384. The standard InChI is InChI=1S/C18H25ClN4O2S/c1-13(2)23-12-18(15(4)20-23)26(24,25)22-9-7-21(8-10-22)17-11-16(19)6-5-14(17)3/h5-6,11-13H,7-10H2,1-4H3. The van der Waals surface area contributed by atoms with E-state index in [-0.39, 0.29) is 6.04 Å². The zero-order valence-corrected chi connectivity index (χ0v) is 17.2. The largest absolute Gasteiger partial charge is 0.369 e. The van der Waals surface area contributed by atoms with Crippen molar-refractivity contribution in [3.63, 3.8) is 0 Å². The molecule has 142 valence electrons. The fourth-order valence-electron chi connectivity index (χ4n) is 3.21. The summed E-state index contributed by atoms with van der Waals surface area (Å²) in [5.41, 5.74) is 2.75. The molecule has 3 rings (SSSR count). The summed E-state index contributed by atoms with van der Waals surface area (Å²) in [5.74, 6) is 0. The third-order valence-electron chi connectivity index (χ3n) is 4.77. The second-order valence-electron chi connectivity index (χ2n) is 6.97. The highest BCUT2D eigenvalue weighted by atomic mass is 35.5. The predicted molar refractivity (Wildman–Crippen MR) is 105 cm³/mol. The monoisotopic (exact) mass is 396 g/mol. The molecule has 2 heterocycles. The van der Waals surface area contributed by atoms with Crippen LogP contribution in [0.3, 0.4) is 0 Å². The molecule has 0 amide bonds. The van der Waals surface area contributed by atoms with Crippen LogP contribution in [-0.4, -0.2) is 48.7 Å². The van der Waals surface area contributed by atoms with Gasteiger partial charge in [0, 0.05) is 49.1 Å². The normalized spacial score (nSPS) is 16.5.